The van der Waals surface area contributed by atoms with Crippen LogP contribution in [0.1, 0.15) is 37.1 Å². The van der Waals surface area contributed by atoms with E-state index in [1.807, 2.05) is 13.0 Å². The molecule has 0 spiro atoms. The molecule has 0 radical (unpaired) electrons. The minimum atomic E-state index is 0.578. The van der Waals surface area contributed by atoms with Crippen LogP contribution in [0.25, 0.3) is 0 Å². The number of hydrogen-bond acceptors (Lipinski definition) is 3. The molecule has 1 saturated carbocycles. The third kappa shape index (κ3) is 3.75. The quantitative estimate of drug-likeness (QED) is 0.829. The molecular formula is C14H21N3S. The molecule has 1 aromatic rings. The number of pyridine rings is 1. The van der Waals surface area contributed by atoms with E-state index in [0.717, 1.165) is 17.9 Å². The van der Waals surface area contributed by atoms with Gasteiger partial charge >= 0.3 is 0 Å². The van der Waals surface area contributed by atoms with Crippen LogP contribution in [0, 0.1) is 6.92 Å². The summed E-state index contributed by atoms with van der Waals surface area (Å²) in [6.45, 7) is 3.58. The van der Waals surface area contributed by atoms with Crippen molar-refractivity contribution >= 4 is 17.2 Å². The van der Waals surface area contributed by atoms with E-state index in [4.69, 9.17) is 18.0 Å². The summed E-state index contributed by atoms with van der Waals surface area (Å²) >= 11 is 5.06. The van der Waals surface area contributed by atoms with Crippen LogP contribution in [-0.4, -0.2) is 27.5 Å². The molecule has 1 heterocycles. The number of thiocarbonyl (C=S) groups is 1. The zero-order chi connectivity index (χ0) is 13.0. The lowest BCUT2D eigenvalue weighted by Gasteiger charge is -2.28. The first-order chi connectivity index (χ1) is 8.65. The zero-order valence-corrected chi connectivity index (χ0v) is 11.7. The van der Waals surface area contributed by atoms with Crippen molar-refractivity contribution in [2.24, 2.45) is 5.73 Å². The van der Waals surface area contributed by atoms with Gasteiger partial charge < -0.3 is 5.73 Å². The Balaban J connectivity index is 2.06. The van der Waals surface area contributed by atoms with Crippen LogP contribution >= 0.6 is 12.2 Å². The van der Waals surface area contributed by atoms with Crippen LogP contribution in [0.5, 0.6) is 0 Å². The van der Waals surface area contributed by atoms with Crippen LogP contribution in [-0.2, 0) is 6.54 Å². The minimum Gasteiger partial charge on any atom is -0.392 e. The highest BCUT2D eigenvalue weighted by atomic mass is 32.1. The largest absolute Gasteiger partial charge is 0.392 e. The number of aryl methyl sites for hydroxylation is 1. The molecule has 0 atom stereocenters. The van der Waals surface area contributed by atoms with Crippen molar-refractivity contribution in [2.45, 2.75) is 45.2 Å². The fraction of sp³-hybridized carbons (Fsp3) is 0.571. The van der Waals surface area contributed by atoms with E-state index in [2.05, 4.69) is 22.0 Å². The Morgan fingerprint density at radius 2 is 2.17 bits per heavy atom. The highest BCUT2D eigenvalue weighted by molar-refractivity contribution is 7.80. The molecule has 1 aromatic heterocycles. The standard InChI is InChI=1S/C14H21N3S/c1-11-5-4-6-12(16-11)9-17(10-14(15)18)13-7-2-3-8-13/h4-6,13H,2-3,7-10H2,1H3,(H2,15,18). The lowest BCUT2D eigenvalue weighted by atomic mass is 10.2. The first kappa shape index (κ1) is 13.4. The van der Waals surface area contributed by atoms with Crippen molar-refractivity contribution in [2.75, 3.05) is 6.54 Å². The number of aromatic nitrogens is 1. The first-order valence-electron chi connectivity index (χ1n) is 6.60. The molecule has 0 bridgehead atoms. The second-order valence-corrected chi connectivity index (χ2v) is 5.60. The molecule has 0 unspecified atom stereocenters. The van der Waals surface area contributed by atoms with E-state index >= 15 is 0 Å². The monoisotopic (exact) mass is 263 g/mol. The lowest BCUT2D eigenvalue weighted by molar-refractivity contribution is 0.216. The Kier molecular flexibility index (Phi) is 4.66. The number of rotatable bonds is 5. The molecule has 1 fully saturated rings. The zero-order valence-electron chi connectivity index (χ0n) is 10.9. The fourth-order valence-electron chi connectivity index (χ4n) is 2.68. The maximum atomic E-state index is 5.71. The molecule has 0 amide bonds. The predicted octanol–water partition coefficient (Wildman–Crippen LogP) is 2.42. The van der Waals surface area contributed by atoms with E-state index in [1.54, 1.807) is 0 Å². The van der Waals surface area contributed by atoms with Crippen molar-refractivity contribution in [1.82, 2.24) is 9.88 Å². The molecule has 0 saturated heterocycles. The molecular weight excluding hydrogens is 242 g/mol. The topological polar surface area (TPSA) is 42.1 Å². The maximum absolute atomic E-state index is 5.71. The van der Waals surface area contributed by atoms with Crippen molar-refractivity contribution in [3.8, 4) is 0 Å². The number of nitrogens with zero attached hydrogens (tertiary/aromatic N) is 2. The van der Waals surface area contributed by atoms with Gasteiger partial charge in [-0.3, -0.25) is 9.88 Å². The SMILES string of the molecule is Cc1cccc(CN(CC(N)=S)C2CCCC2)n1. The van der Waals surface area contributed by atoms with Gasteiger partial charge in [0.1, 0.15) is 0 Å². The van der Waals surface area contributed by atoms with Crippen molar-refractivity contribution in [3.63, 3.8) is 0 Å². The highest BCUT2D eigenvalue weighted by Crippen LogP contribution is 2.24. The molecule has 2 N–H and O–H groups in total. The third-order valence-corrected chi connectivity index (χ3v) is 3.64. The molecule has 4 heteroatoms. The fourth-order valence-corrected chi connectivity index (χ4v) is 2.85. The Labute approximate surface area is 114 Å². The van der Waals surface area contributed by atoms with E-state index in [0.29, 0.717) is 17.6 Å². The Hall–Kier alpha value is -1.00. The van der Waals surface area contributed by atoms with Gasteiger partial charge in [0, 0.05) is 24.8 Å². The molecule has 3 nitrogen and oxygen atoms in total. The highest BCUT2D eigenvalue weighted by Gasteiger charge is 2.23. The Morgan fingerprint density at radius 3 is 2.78 bits per heavy atom. The van der Waals surface area contributed by atoms with Crippen LogP contribution in [0.15, 0.2) is 18.2 Å². The summed E-state index contributed by atoms with van der Waals surface area (Å²) in [5, 5.41) is 0. The summed E-state index contributed by atoms with van der Waals surface area (Å²) in [5.41, 5.74) is 7.89. The van der Waals surface area contributed by atoms with Gasteiger partial charge in [0.15, 0.2) is 0 Å². The average Bonchev–Trinajstić information content (AvgIpc) is 2.80. The van der Waals surface area contributed by atoms with Gasteiger partial charge in [0.25, 0.3) is 0 Å². The second-order valence-electron chi connectivity index (χ2n) is 5.08. The van der Waals surface area contributed by atoms with Gasteiger partial charge in [0.05, 0.1) is 10.7 Å². The number of nitrogens with two attached hydrogens (primary N) is 1. The van der Waals surface area contributed by atoms with Crippen LogP contribution in [0.3, 0.4) is 0 Å². The minimum absolute atomic E-state index is 0.578. The molecule has 0 aromatic carbocycles. The van der Waals surface area contributed by atoms with E-state index < -0.39 is 0 Å². The maximum Gasteiger partial charge on any atom is 0.0870 e. The van der Waals surface area contributed by atoms with E-state index in [1.165, 1.54) is 25.7 Å². The van der Waals surface area contributed by atoms with Gasteiger partial charge in [-0.15, -0.1) is 0 Å². The number of hydrogen-bond donors (Lipinski definition) is 1. The van der Waals surface area contributed by atoms with Crippen LogP contribution < -0.4 is 5.73 Å². The van der Waals surface area contributed by atoms with Crippen molar-refractivity contribution in [1.29, 1.82) is 0 Å². The first-order valence-corrected chi connectivity index (χ1v) is 7.01. The Morgan fingerprint density at radius 1 is 1.44 bits per heavy atom. The molecule has 0 aliphatic heterocycles. The molecule has 18 heavy (non-hydrogen) atoms. The summed E-state index contributed by atoms with van der Waals surface area (Å²) in [6.07, 6.45) is 5.16. The van der Waals surface area contributed by atoms with Gasteiger partial charge in [0.2, 0.25) is 0 Å². The van der Waals surface area contributed by atoms with E-state index in [9.17, 15) is 0 Å². The summed E-state index contributed by atoms with van der Waals surface area (Å²) in [7, 11) is 0. The van der Waals surface area contributed by atoms with Gasteiger partial charge in [-0.2, -0.15) is 0 Å². The molecule has 2 rings (SSSR count). The predicted molar refractivity (Wildman–Crippen MR) is 78.4 cm³/mol. The molecule has 1 aliphatic rings. The molecule has 1 aliphatic carbocycles. The summed E-state index contributed by atoms with van der Waals surface area (Å²) in [4.78, 5) is 7.53. The smallest absolute Gasteiger partial charge is 0.0870 e. The van der Waals surface area contributed by atoms with Gasteiger partial charge in [-0.25, -0.2) is 0 Å². The van der Waals surface area contributed by atoms with Crippen molar-refractivity contribution in [3.05, 3.63) is 29.6 Å². The van der Waals surface area contributed by atoms with E-state index in [-0.39, 0.29) is 0 Å². The van der Waals surface area contributed by atoms with Gasteiger partial charge in [-0.1, -0.05) is 31.1 Å². The van der Waals surface area contributed by atoms with Crippen molar-refractivity contribution < 1.29 is 0 Å². The Bertz CT molecular complexity index is 413. The lowest BCUT2D eigenvalue weighted by Crippen LogP contribution is -2.39. The average molecular weight is 263 g/mol. The normalized spacial score (nSPS) is 16.3. The summed E-state index contributed by atoms with van der Waals surface area (Å²) < 4.78 is 0. The summed E-state index contributed by atoms with van der Waals surface area (Å²) in [5.74, 6) is 0. The third-order valence-electron chi connectivity index (χ3n) is 3.51. The molecule has 98 valence electrons. The second kappa shape index (κ2) is 6.25. The van der Waals surface area contributed by atoms with Crippen LogP contribution in [0.2, 0.25) is 0 Å². The van der Waals surface area contributed by atoms with Crippen LogP contribution in [0.4, 0.5) is 0 Å². The summed E-state index contributed by atoms with van der Waals surface area (Å²) in [6, 6.07) is 6.78. The van der Waals surface area contributed by atoms with Gasteiger partial charge in [-0.05, 0) is 31.9 Å².